The molecular weight excluding hydrogens is 501 g/mol. The van der Waals surface area contributed by atoms with E-state index < -0.39 is 44.6 Å². The van der Waals surface area contributed by atoms with E-state index in [2.05, 4.69) is 12.2 Å². The van der Waals surface area contributed by atoms with Gasteiger partial charge in [-0.3, -0.25) is 18.6 Å². The summed E-state index contributed by atoms with van der Waals surface area (Å²) in [5, 5.41) is 21.6. The molecule has 0 aromatic rings. The molecule has 0 aromatic heterocycles. The van der Waals surface area contributed by atoms with E-state index in [1.807, 2.05) is 0 Å². The van der Waals surface area contributed by atoms with E-state index in [9.17, 15) is 24.2 Å². The van der Waals surface area contributed by atoms with Crippen LogP contribution in [-0.2, 0) is 27.9 Å². The summed E-state index contributed by atoms with van der Waals surface area (Å²) < 4.78 is 26.7. The molecule has 1 heterocycles. The number of hydrogen-bond donors (Lipinski definition) is 4. The molecule has 11 heteroatoms. The first-order chi connectivity index (χ1) is 17.7. The molecule has 1 saturated heterocycles. The molecule has 4 atom stereocenters. The van der Waals surface area contributed by atoms with Crippen molar-refractivity contribution >= 4 is 19.8 Å². The van der Waals surface area contributed by atoms with Gasteiger partial charge in [-0.25, -0.2) is 4.57 Å². The third-order valence-corrected chi connectivity index (χ3v) is 7.56. The van der Waals surface area contributed by atoms with Crippen molar-refractivity contribution in [1.82, 2.24) is 5.32 Å². The number of unbranched alkanes of at least 4 members (excludes halogenated alkanes) is 14. The molecule has 1 rings (SSSR count). The second kappa shape index (κ2) is 20.9. The fourth-order valence-corrected chi connectivity index (χ4v) is 5.36. The van der Waals surface area contributed by atoms with E-state index in [1.165, 1.54) is 77.0 Å². The predicted octanol–water partition coefficient (Wildman–Crippen LogP) is 5.10. The highest BCUT2D eigenvalue weighted by molar-refractivity contribution is 7.47. The highest BCUT2D eigenvalue weighted by Crippen LogP contribution is 2.46. The zero-order chi connectivity index (χ0) is 27.4. The van der Waals surface area contributed by atoms with Gasteiger partial charge in [-0.1, -0.05) is 96.8 Å². The number of carboxylic acid groups (broad SMARTS) is 1. The molecule has 0 spiro atoms. The fourth-order valence-electron chi connectivity index (χ4n) is 4.37. The van der Waals surface area contributed by atoms with E-state index in [0.29, 0.717) is 6.54 Å². The number of carboxylic acids is 1. The molecule has 1 fully saturated rings. The average Bonchev–Trinajstić information content (AvgIpc) is 3.31. The van der Waals surface area contributed by atoms with Crippen LogP contribution < -0.4 is 5.32 Å². The SMILES string of the molecule is CCCCCCCCCCCCCCCCCC(=O)OC[C@@H](O)COP(=O)(O)O[C@@H]1CCN[C@H]1C(=O)O. The molecule has 1 aliphatic heterocycles. The molecule has 10 nitrogen and oxygen atoms in total. The number of aliphatic hydroxyl groups excluding tert-OH is 1. The number of esters is 1. The highest BCUT2D eigenvalue weighted by Gasteiger charge is 2.39. The van der Waals surface area contributed by atoms with Gasteiger partial charge < -0.3 is 25.2 Å². The number of carbonyl (C=O) groups is 2. The molecule has 1 unspecified atom stereocenters. The van der Waals surface area contributed by atoms with Crippen LogP contribution in [0.1, 0.15) is 116 Å². The van der Waals surface area contributed by atoms with Gasteiger partial charge >= 0.3 is 19.8 Å². The lowest BCUT2D eigenvalue weighted by molar-refractivity contribution is -0.147. The van der Waals surface area contributed by atoms with Gasteiger partial charge in [-0.15, -0.1) is 0 Å². The zero-order valence-electron chi connectivity index (χ0n) is 22.6. The molecule has 0 aliphatic carbocycles. The summed E-state index contributed by atoms with van der Waals surface area (Å²) in [5.74, 6) is -1.62. The smallest absolute Gasteiger partial charge is 0.472 e. The minimum absolute atomic E-state index is 0.240. The van der Waals surface area contributed by atoms with Crippen molar-refractivity contribution in [3.63, 3.8) is 0 Å². The van der Waals surface area contributed by atoms with E-state index in [4.69, 9.17) is 18.9 Å². The summed E-state index contributed by atoms with van der Waals surface area (Å²) in [6.45, 7) is 1.63. The zero-order valence-corrected chi connectivity index (χ0v) is 23.5. The van der Waals surface area contributed by atoms with Crippen LogP contribution in [0.25, 0.3) is 0 Å². The summed E-state index contributed by atoms with van der Waals surface area (Å²) in [6, 6.07) is -1.10. The molecule has 0 amide bonds. The number of phosphoric acid groups is 1. The van der Waals surface area contributed by atoms with Crippen LogP contribution in [-0.4, -0.2) is 65.1 Å². The van der Waals surface area contributed by atoms with Crippen molar-refractivity contribution in [1.29, 1.82) is 0 Å². The Morgan fingerprint density at radius 1 is 0.892 bits per heavy atom. The topological polar surface area (TPSA) is 152 Å². The minimum atomic E-state index is -4.57. The second-order valence-corrected chi connectivity index (χ2v) is 11.4. The first kappa shape index (κ1) is 34.0. The fraction of sp³-hybridized carbons (Fsp3) is 0.923. The van der Waals surface area contributed by atoms with Crippen LogP contribution in [0.2, 0.25) is 0 Å². The second-order valence-electron chi connectivity index (χ2n) is 10.0. The van der Waals surface area contributed by atoms with Gasteiger partial charge in [0.2, 0.25) is 0 Å². The Morgan fingerprint density at radius 3 is 1.92 bits per heavy atom. The summed E-state index contributed by atoms with van der Waals surface area (Å²) in [4.78, 5) is 32.7. The molecule has 218 valence electrons. The predicted molar refractivity (Wildman–Crippen MR) is 141 cm³/mol. The van der Waals surface area contributed by atoms with E-state index in [0.717, 1.165) is 19.3 Å². The quantitative estimate of drug-likeness (QED) is 0.0724. The monoisotopic (exact) mass is 551 g/mol. The van der Waals surface area contributed by atoms with Crippen LogP contribution in [0.5, 0.6) is 0 Å². The Hall–Kier alpha value is -1.03. The molecule has 0 saturated carbocycles. The largest absolute Gasteiger partial charge is 0.480 e. The van der Waals surface area contributed by atoms with E-state index in [1.54, 1.807) is 0 Å². The van der Waals surface area contributed by atoms with Gasteiger partial charge in [-0.05, 0) is 19.4 Å². The van der Waals surface area contributed by atoms with Gasteiger partial charge in [0.15, 0.2) is 0 Å². The summed E-state index contributed by atoms with van der Waals surface area (Å²) in [6.07, 6.45) is 16.8. The maximum Gasteiger partial charge on any atom is 0.472 e. The molecule has 37 heavy (non-hydrogen) atoms. The van der Waals surface area contributed by atoms with Crippen LogP contribution in [0, 0.1) is 0 Å². The van der Waals surface area contributed by atoms with E-state index in [-0.39, 0.29) is 19.4 Å². The van der Waals surface area contributed by atoms with Crippen molar-refractivity contribution in [2.45, 2.75) is 134 Å². The molecule has 4 N–H and O–H groups in total. The van der Waals surface area contributed by atoms with Crippen molar-refractivity contribution in [2.24, 2.45) is 0 Å². The lowest BCUT2D eigenvalue weighted by atomic mass is 10.0. The lowest BCUT2D eigenvalue weighted by Crippen LogP contribution is -2.39. The summed E-state index contributed by atoms with van der Waals surface area (Å²) in [7, 11) is -4.57. The Bertz CT molecular complexity index is 664. The van der Waals surface area contributed by atoms with Gasteiger partial charge in [0, 0.05) is 6.42 Å². The normalized spacial score (nSPS) is 20.0. The van der Waals surface area contributed by atoms with Crippen LogP contribution in [0.15, 0.2) is 0 Å². The Labute approximate surface area is 222 Å². The number of phosphoric ester groups is 1. The summed E-state index contributed by atoms with van der Waals surface area (Å²) in [5.41, 5.74) is 0. The Balaban J connectivity index is 1.95. The number of aliphatic hydroxyl groups is 1. The Morgan fingerprint density at radius 2 is 1.41 bits per heavy atom. The third kappa shape index (κ3) is 18.0. The van der Waals surface area contributed by atoms with Gasteiger partial charge in [0.05, 0.1) is 12.7 Å². The van der Waals surface area contributed by atoms with Crippen LogP contribution in [0.3, 0.4) is 0 Å². The first-order valence-electron chi connectivity index (χ1n) is 14.2. The number of aliphatic carboxylic acids is 1. The van der Waals surface area contributed by atoms with Gasteiger partial charge in [-0.2, -0.15) is 0 Å². The third-order valence-electron chi connectivity index (χ3n) is 6.55. The van der Waals surface area contributed by atoms with Crippen LogP contribution in [0.4, 0.5) is 0 Å². The minimum Gasteiger partial charge on any atom is -0.480 e. The van der Waals surface area contributed by atoms with E-state index >= 15 is 0 Å². The van der Waals surface area contributed by atoms with Crippen molar-refractivity contribution in [3.05, 3.63) is 0 Å². The number of nitrogens with one attached hydrogen (secondary N) is 1. The van der Waals surface area contributed by atoms with Crippen molar-refractivity contribution < 1.29 is 43.0 Å². The Kier molecular flexibility index (Phi) is 19.2. The first-order valence-corrected chi connectivity index (χ1v) is 15.7. The molecule has 1 aliphatic rings. The number of carbonyl (C=O) groups excluding carboxylic acids is 1. The molecule has 0 aromatic carbocycles. The number of ether oxygens (including phenoxy) is 1. The number of rotatable bonds is 24. The van der Waals surface area contributed by atoms with Crippen LogP contribution >= 0.6 is 7.82 Å². The average molecular weight is 552 g/mol. The van der Waals surface area contributed by atoms with Crippen molar-refractivity contribution in [2.75, 3.05) is 19.8 Å². The molecule has 0 radical (unpaired) electrons. The standard InChI is InChI=1S/C26H50NO9P/c1-2-3-4-5-6-7-8-9-10-11-12-13-14-15-16-17-24(29)34-20-22(28)21-35-37(32,33)36-23-18-19-27-25(23)26(30)31/h22-23,25,27-28H,2-21H2,1H3,(H,30,31)(H,32,33)/t22-,23-,25-/m1/s1. The summed E-state index contributed by atoms with van der Waals surface area (Å²) >= 11 is 0. The molecular formula is C26H50NO9P. The van der Waals surface area contributed by atoms with Crippen molar-refractivity contribution in [3.8, 4) is 0 Å². The maximum atomic E-state index is 12.0. The van der Waals surface area contributed by atoms with Gasteiger partial charge in [0.25, 0.3) is 0 Å². The highest BCUT2D eigenvalue weighted by atomic mass is 31.2. The molecule has 0 bridgehead atoms. The van der Waals surface area contributed by atoms with Gasteiger partial charge in [0.1, 0.15) is 18.8 Å². The number of hydrogen-bond acceptors (Lipinski definition) is 8. The lowest BCUT2D eigenvalue weighted by Gasteiger charge is -2.20. The maximum absolute atomic E-state index is 12.0.